The highest BCUT2D eigenvalue weighted by molar-refractivity contribution is 6.14. The Bertz CT molecular complexity index is 5840. The Balaban J connectivity index is 0.995. The van der Waals surface area contributed by atoms with Crippen LogP contribution in [0, 0.1) is 27.7 Å². The van der Waals surface area contributed by atoms with E-state index in [-0.39, 0.29) is 0 Å². The lowest BCUT2D eigenvalue weighted by atomic mass is 9.91. The third kappa shape index (κ3) is 9.89. The largest absolute Gasteiger partial charge is 0.305 e. The first-order valence-corrected chi connectivity index (χ1v) is 33.2. The van der Waals surface area contributed by atoms with Crippen molar-refractivity contribution in [3.8, 4) is 107 Å². The van der Waals surface area contributed by atoms with E-state index in [4.69, 9.17) is 19.9 Å². The molecule has 7 nitrogen and oxygen atoms in total. The number of pyridine rings is 4. The normalized spacial score (nSPS) is 11.7. The van der Waals surface area contributed by atoms with Gasteiger partial charge in [0.15, 0.2) is 5.82 Å². The van der Waals surface area contributed by atoms with Gasteiger partial charge in [-0.15, -0.1) is 0 Å². The van der Waals surface area contributed by atoms with E-state index in [2.05, 4.69) is 351 Å². The Labute approximate surface area is 562 Å². The highest BCUT2D eigenvalue weighted by Gasteiger charge is 2.29. The molecule has 7 heteroatoms. The second-order valence-electron chi connectivity index (χ2n) is 25.7. The summed E-state index contributed by atoms with van der Waals surface area (Å²) in [5, 5.41) is 7.01. The van der Waals surface area contributed by atoms with Gasteiger partial charge in [-0.3, -0.25) is 9.13 Å². The van der Waals surface area contributed by atoms with Gasteiger partial charge in [0.05, 0.1) is 73.0 Å². The van der Waals surface area contributed by atoms with Crippen molar-refractivity contribution in [1.82, 2.24) is 33.6 Å². The molecule has 0 amide bonds. The van der Waals surface area contributed by atoms with Crippen molar-refractivity contribution < 1.29 is 0 Å². The van der Waals surface area contributed by atoms with Crippen LogP contribution >= 0.6 is 0 Å². The lowest BCUT2D eigenvalue weighted by Crippen LogP contribution is -2.11. The molecule has 11 aromatic carbocycles. The Morgan fingerprint density at radius 1 is 0.206 bits per heavy atom. The Kier molecular flexibility index (Phi) is 13.6. The van der Waals surface area contributed by atoms with Crippen molar-refractivity contribution in [2.45, 2.75) is 27.7 Å². The van der Waals surface area contributed by atoms with Crippen LogP contribution < -0.4 is 0 Å². The van der Waals surface area contributed by atoms with Crippen LogP contribution in [-0.2, 0) is 0 Å². The fourth-order valence-electron chi connectivity index (χ4n) is 14.7. The lowest BCUT2D eigenvalue weighted by molar-refractivity contribution is 0.984. The monoisotopic (exact) mass is 1240 g/mol. The van der Waals surface area contributed by atoms with E-state index in [0.29, 0.717) is 0 Å². The third-order valence-corrected chi connectivity index (χ3v) is 19.2. The molecule has 18 aromatic rings. The second-order valence-corrected chi connectivity index (χ2v) is 25.7. The topological polar surface area (TPSA) is 66.3 Å². The van der Waals surface area contributed by atoms with Crippen molar-refractivity contribution in [3.05, 3.63) is 332 Å². The van der Waals surface area contributed by atoms with Gasteiger partial charge in [0.25, 0.3) is 0 Å². The molecule has 0 N–H and O–H groups in total. The van der Waals surface area contributed by atoms with E-state index in [9.17, 15) is 0 Å². The third-order valence-electron chi connectivity index (χ3n) is 19.2. The second kappa shape index (κ2) is 23.2. The summed E-state index contributed by atoms with van der Waals surface area (Å²) in [4.78, 5) is 22.8. The molecule has 0 saturated carbocycles. The maximum Gasteiger partial charge on any atom is 0.165 e. The summed E-state index contributed by atoms with van der Waals surface area (Å²) in [7, 11) is 0. The minimum absolute atomic E-state index is 0.789. The van der Waals surface area contributed by atoms with Gasteiger partial charge in [-0.2, -0.15) is 0 Å². The average Bonchev–Trinajstić information content (AvgIpc) is 1.57. The Morgan fingerprint density at radius 3 is 0.938 bits per heavy atom. The van der Waals surface area contributed by atoms with Gasteiger partial charge in [0.1, 0.15) is 5.82 Å². The molecule has 0 atom stereocenters. The van der Waals surface area contributed by atoms with Crippen LogP contribution in [0.4, 0.5) is 0 Å². The molecule has 0 fully saturated rings. The van der Waals surface area contributed by atoms with Gasteiger partial charge in [-0.05, 0) is 148 Å². The quantitative estimate of drug-likeness (QED) is 0.129. The van der Waals surface area contributed by atoms with Gasteiger partial charge < -0.3 is 4.57 Å². The van der Waals surface area contributed by atoms with Gasteiger partial charge >= 0.3 is 0 Å². The highest BCUT2D eigenvalue weighted by Crippen LogP contribution is 2.47. The number of aryl methyl sites for hydroxylation is 4. The smallest absolute Gasteiger partial charge is 0.165 e. The zero-order valence-electron chi connectivity index (χ0n) is 54.1. The Hall–Kier alpha value is -12.6. The van der Waals surface area contributed by atoms with Gasteiger partial charge in [0, 0.05) is 71.3 Å². The van der Waals surface area contributed by atoms with E-state index in [1.165, 1.54) is 38.4 Å². The molecule has 7 aromatic heterocycles. The fraction of sp³-hybridized carbons (Fsp3) is 0.0444. The summed E-state index contributed by atoms with van der Waals surface area (Å²) in [6.07, 6.45) is 0. The summed E-state index contributed by atoms with van der Waals surface area (Å²) in [6.45, 7) is 8.75. The first-order chi connectivity index (χ1) is 47.7. The molecule has 458 valence electrons. The number of aromatic nitrogens is 7. The van der Waals surface area contributed by atoms with E-state index in [1.807, 2.05) is 0 Å². The molecule has 0 spiro atoms. The highest BCUT2D eigenvalue weighted by atomic mass is 15.2. The number of rotatable bonds is 11. The summed E-state index contributed by atoms with van der Waals surface area (Å²) in [5.74, 6) is 1.58. The molecule has 97 heavy (non-hydrogen) atoms. The predicted octanol–water partition coefficient (Wildman–Crippen LogP) is 23.1. The van der Waals surface area contributed by atoms with E-state index < -0.39 is 0 Å². The molecule has 0 saturated heterocycles. The molecule has 0 radical (unpaired) electrons. The molecule has 0 bridgehead atoms. The summed E-state index contributed by atoms with van der Waals surface area (Å²) in [5.41, 5.74) is 27.1. The molecular formula is C90H63N7. The minimum atomic E-state index is 0.789. The minimum Gasteiger partial charge on any atom is -0.305 e. The zero-order chi connectivity index (χ0) is 64.8. The molecule has 7 heterocycles. The average molecular weight is 1240 g/mol. The first-order valence-electron chi connectivity index (χ1n) is 33.2. The van der Waals surface area contributed by atoms with Crippen LogP contribution in [0.5, 0.6) is 0 Å². The number of nitrogens with zero attached hydrogens (tertiary/aromatic N) is 7. The van der Waals surface area contributed by atoms with Crippen molar-refractivity contribution in [1.29, 1.82) is 0 Å². The number of hydrogen-bond donors (Lipinski definition) is 0. The number of hydrogen-bond acceptors (Lipinski definition) is 4. The van der Waals surface area contributed by atoms with Gasteiger partial charge in [0.2, 0.25) is 0 Å². The SMILES string of the molecule is Cc1ccc2c(c1)c1ccccc1n2-c1cc(-c2ccccc2-c2cc(-c3cc(-c4ccccc4)nc(-c4ccccc4)c3)nc(-c3cc(-c4ccccc4)nc(-c4ccccc4)c3)c2)c(-n2c3ccc(C)cc3c3cc(C)ccc32)c(-n2c3ccccc3c3cc(C)ccc32)n1. The van der Waals surface area contributed by atoms with Crippen LogP contribution in [0.2, 0.25) is 0 Å². The van der Waals surface area contributed by atoms with E-state index in [0.717, 1.165) is 156 Å². The molecule has 0 unspecified atom stereocenters. The zero-order valence-corrected chi connectivity index (χ0v) is 54.1. The summed E-state index contributed by atoms with van der Waals surface area (Å²) >= 11 is 0. The summed E-state index contributed by atoms with van der Waals surface area (Å²) in [6, 6.07) is 112. The molecular weight excluding hydrogens is 1180 g/mol. The van der Waals surface area contributed by atoms with Crippen molar-refractivity contribution in [2.75, 3.05) is 0 Å². The molecule has 0 aliphatic carbocycles. The number of para-hydroxylation sites is 2. The molecule has 0 aliphatic heterocycles. The Morgan fingerprint density at radius 2 is 0.515 bits per heavy atom. The fourth-order valence-corrected chi connectivity index (χ4v) is 14.7. The van der Waals surface area contributed by atoms with Crippen molar-refractivity contribution in [2.24, 2.45) is 0 Å². The van der Waals surface area contributed by atoms with E-state index in [1.54, 1.807) is 0 Å². The summed E-state index contributed by atoms with van der Waals surface area (Å²) < 4.78 is 7.33. The predicted molar refractivity (Wildman–Crippen MR) is 403 cm³/mol. The van der Waals surface area contributed by atoms with Crippen LogP contribution in [-0.4, -0.2) is 33.6 Å². The maximum atomic E-state index is 6.22. The van der Waals surface area contributed by atoms with Crippen molar-refractivity contribution >= 4 is 65.4 Å². The molecule has 0 aliphatic rings. The standard InChI is InChI=1S/C90H63N7/c1-56-37-41-84-71(45-56)69-33-19-21-35-82(69)95(84)88-55-75(89(96-85-42-38-58(3)47-73(85)74-48-59(4)39-43-86(74)96)90(94-88)97-83-36-22-20-34-70(83)72-46-57(2)40-44-87(72)97)68-32-18-17-31-67(68)64-49-80(65-51-76(60-23-9-5-10-24-60)91-77(52-65)61-25-11-6-12-26-61)93-81(50-64)66-53-78(62-27-13-7-14-28-62)92-79(54-66)63-29-15-8-16-30-63/h5-55H,1-4H3. The lowest BCUT2D eigenvalue weighted by Gasteiger charge is -2.23. The van der Waals surface area contributed by atoms with E-state index >= 15 is 0 Å². The van der Waals surface area contributed by atoms with Gasteiger partial charge in [-0.25, -0.2) is 19.9 Å². The van der Waals surface area contributed by atoms with Crippen LogP contribution in [0.15, 0.2) is 309 Å². The first kappa shape index (κ1) is 57.1. The van der Waals surface area contributed by atoms with Gasteiger partial charge in [-0.1, -0.05) is 229 Å². The number of benzene rings is 11. The van der Waals surface area contributed by atoms with Crippen LogP contribution in [0.1, 0.15) is 22.3 Å². The maximum absolute atomic E-state index is 6.22. The van der Waals surface area contributed by atoms with Crippen LogP contribution in [0.25, 0.3) is 173 Å². The van der Waals surface area contributed by atoms with Crippen LogP contribution in [0.3, 0.4) is 0 Å². The molecule has 18 rings (SSSR count). The number of fused-ring (bicyclic) bond motifs is 9. The van der Waals surface area contributed by atoms with Crippen molar-refractivity contribution in [3.63, 3.8) is 0 Å².